The van der Waals surface area contributed by atoms with Crippen LogP contribution in [0.15, 0.2) is 24.3 Å². The lowest BCUT2D eigenvalue weighted by Gasteiger charge is -2.21. The summed E-state index contributed by atoms with van der Waals surface area (Å²) in [6, 6.07) is 0. The minimum absolute atomic E-state index is 0.101. The molecule has 0 aromatic rings. The number of hydrogen-bond donors (Lipinski definition) is 3. The number of carbonyl (C=O) groups excluding carboxylic acids is 4. The first-order valence-corrected chi connectivity index (χ1v) is 41.8. The molecular formula is C76H144O17P2. The summed E-state index contributed by atoms with van der Waals surface area (Å²) in [5.74, 6) is -0.668. The number of ether oxygens (including phenoxy) is 4. The highest BCUT2D eigenvalue weighted by molar-refractivity contribution is 7.47. The molecule has 95 heavy (non-hydrogen) atoms. The highest BCUT2D eigenvalue weighted by Gasteiger charge is 2.30. The Hall–Kier alpha value is -2.46. The van der Waals surface area contributed by atoms with Gasteiger partial charge in [0.15, 0.2) is 12.2 Å². The van der Waals surface area contributed by atoms with Crippen LogP contribution < -0.4 is 0 Å². The Balaban J connectivity index is 5.29. The van der Waals surface area contributed by atoms with Crippen LogP contribution in [0.3, 0.4) is 0 Å². The van der Waals surface area contributed by atoms with Crippen LogP contribution in [0.2, 0.25) is 0 Å². The zero-order chi connectivity index (χ0) is 70.0. The second-order valence-electron chi connectivity index (χ2n) is 27.4. The van der Waals surface area contributed by atoms with Crippen molar-refractivity contribution in [1.82, 2.24) is 0 Å². The van der Waals surface area contributed by atoms with Crippen LogP contribution in [0, 0.1) is 11.8 Å². The van der Waals surface area contributed by atoms with Gasteiger partial charge in [-0.1, -0.05) is 316 Å². The Morgan fingerprint density at radius 1 is 0.347 bits per heavy atom. The van der Waals surface area contributed by atoms with Gasteiger partial charge in [0.2, 0.25) is 0 Å². The van der Waals surface area contributed by atoms with Crippen molar-refractivity contribution >= 4 is 39.5 Å². The number of hydrogen-bond acceptors (Lipinski definition) is 15. The minimum atomic E-state index is -4.96. The quantitative estimate of drug-likeness (QED) is 0.0169. The molecule has 0 fully saturated rings. The number of aliphatic hydroxyl groups is 1. The van der Waals surface area contributed by atoms with E-state index in [4.69, 9.17) is 37.0 Å². The summed E-state index contributed by atoms with van der Waals surface area (Å²) in [4.78, 5) is 72.8. The zero-order valence-electron chi connectivity index (χ0n) is 61.5. The minimum Gasteiger partial charge on any atom is -0.462 e. The van der Waals surface area contributed by atoms with Gasteiger partial charge >= 0.3 is 39.5 Å². The van der Waals surface area contributed by atoms with Crippen LogP contribution in [0.5, 0.6) is 0 Å². The SMILES string of the molecule is CCCCCC/C=C\C=C/CCCCCCCC(=O)OC[C@H](COP(=O)(O)OC[C@@H](O)COP(=O)(O)OC[C@@H](COC(=O)CCCCCCCCC(C)CC)OC(=O)CCCCCCCCCCCCC(C)C)OC(=O)CCCCCCCCCCCCCCCCCCC. The van der Waals surface area contributed by atoms with Crippen molar-refractivity contribution in [2.75, 3.05) is 39.6 Å². The number of unbranched alkanes of at least 4 members (excludes halogenated alkanes) is 39. The Labute approximate surface area is 580 Å². The van der Waals surface area contributed by atoms with E-state index in [9.17, 15) is 43.2 Å². The molecule has 3 N–H and O–H groups in total. The molecule has 0 saturated heterocycles. The van der Waals surface area contributed by atoms with E-state index in [1.165, 1.54) is 161 Å². The first-order chi connectivity index (χ1) is 45.9. The van der Waals surface area contributed by atoms with Crippen molar-refractivity contribution in [3.8, 4) is 0 Å². The molecule has 6 atom stereocenters. The standard InChI is InChI=1S/C76H144O17P2/c1-7-10-12-14-16-18-20-22-24-25-27-29-31-36-40-48-54-60-75(80)92-71(64-86-73(78)58-52-46-39-35-30-28-26-23-21-19-17-15-13-11-8-2)66-90-94(82,83)88-62-70(77)63-89-95(84,85)91-67-72(65-87-74(79)59-53-47-43-42-45-51-57-69(6)9-3)93-76(81)61-55-49-41-37-33-32-34-38-44-50-56-68(4)5/h19,21,23,26,68-72,77H,7-18,20,22,24-25,27-67H2,1-6H3,(H,82,83)(H,84,85)/b21-19-,26-23-/t69?,70-,71-,72-/m1/s1. The summed E-state index contributed by atoms with van der Waals surface area (Å²) in [6.45, 7) is 9.48. The second-order valence-corrected chi connectivity index (χ2v) is 30.3. The van der Waals surface area contributed by atoms with Crippen molar-refractivity contribution in [2.24, 2.45) is 11.8 Å². The normalized spacial score (nSPS) is 14.5. The highest BCUT2D eigenvalue weighted by Crippen LogP contribution is 2.45. The van der Waals surface area contributed by atoms with Gasteiger partial charge in [-0.2, -0.15) is 0 Å². The van der Waals surface area contributed by atoms with E-state index in [2.05, 4.69) is 65.8 Å². The molecule has 3 unspecified atom stereocenters. The van der Waals surface area contributed by atoms with Crippen molar-refractivity contribution in [2.45, 2.75) is 387 Å². The molecule has 0 rings (SSSR count). The number of aliphatic hydroxyl groups excluding tert-OH is 1. The van der Waals surface area contributed by atoms with Crippen LogP contribution in [-0.4, -0.2) is 96.7 Å². The molecular weight excluding hydrogens is 1250 g/mol. The number of phosphoric acid groups is 2. The third-order valence-electron chi connectivity index (χ3n) is 17.4. The van der Waals surface area contributed by atoms with E-state index in [1.54, 1.807) is 0 Å². The smallest absolute Gasteiger partial charge is 0.462 e. The molecule has 0 aliphatic heterocycles. The number of allylic oxidation sites excluding steroid dienone is 4. The third kappa shape index (κ3) is 68.5. The van der Waals surface area contributed by atoms with Crippen LogP contribution in [0.1, 0.15) is 369 Å². The van der Waals surface area contributed by atoms with Gasteiger partial charge < -0.3 is 33.8 Å². The van der Waals surface area contributed by atoms with Gasteiger partial charge in [0.05, 0.1) is 26.4 Å². The lowest BCUT2D eigenvalue weighted by molar-refractivity contribution is -0.161. The largest absolute Gasteiger partial charge is 0.472 e. The fourth-order valence-corrected chi connectivity index (χ4v) is 12.7. The van der Waals surface area contributed by atoms with Crippen molar-refractivity contribution in [1.29, 1.82) is 0 Å². The summed E-state index contributed by atoms with van der Waals surface area (Å²) in [7, 11) is -9.92. The Morgan fingerprint density at radius 2 is 0.621 bits per heavy atom. The molecule has 17 nitrogen and oxygen atoms in total. The monoisotopic (exact) mass is 1390 g/mol. The summed E-state index contributed by atoms with van der Waals surface area (Å²) in [6.07, 6.45) is 57.7. The average molecular weight is 1390 g/mol. The maximum atomic E-state index is 13.1. The molecule has 0 bridgehead atoms. The Kier molecular flexibility index (Phi) is 65.6. The average Bonchev–Trinajstić information content (AvgIpc) is 1.45. The maximum absolute atomic E-state index is 13.1. The van der Waals surface area contributed by atoms with E-state index in [0.717, 1.165) is 127 Å². The van der Waals surface area contributed by atoms with Crippen molar-refractivity contribution < 1.29 is 80.2 Å². The van der Waals surface area contributed by atoms with Crippen LogP contribution in [0.25, 0.3) is 0 Å². The lowest BCUT2D eigenvalue weighted by Crippen LogP contribution is -2.30. The summed E-state index contributed by atoms with van der Waals surface area (Å²) in [5, 5.41) is 10.6. The van der Waals surface area contributed by atoms with Crippen molar-refractivity contribution in [3.63, 3.8) is 0 Å². The Bertz CT molecular complexity index is 1930. The molecule has 0 spiro atoms. The lowest BCUT2D eigenvalue weighted by atomic mass is 10.00. The second kappa shape index (κ2) is 67.4. The summed E-state index contributed by atoms with van der Waals surface area (Å²) < 4.78 is 68.5. The summed E-state index contributed by atoms with van der Waals surface area (Å²) >= 11 is 0. The van der Waals surface area contributed by atoms with Gasteiger partial charge in [0.1, 0.15) is 19.3 Å². The van der Waals surface area contributed by atoms with Gasteiger partial charge in [-0.05, 0) is 63.2 Å². The fourth-order valence-electron chi connectivity index (χ4n) is 11.1. The van der Waals surface area contributed by atoms with E-state index < -0.39 is 97.5 Å². The van der Waals surface area contributed by atoms with Gasteiger partial charge in [-0.15, -0.1) is 0 Å². The molecule has 0 amide bonds. The molecule has 0 heterocycles. The molecule has 0 radical (unpaired) electrons. The molecule has 0 aliphatic rings. The molecule has 0 saturated carbocycles. The molecule has 0 aromatic heterocycles. The number of esters is 4. The third-order valence-corrected chi connectivity index (χ3v) is 19.3. The number of rotatable bonds is 73. The van der Waals surface area contributed by atoms with E-state index in [1.807, 2.05) is 0 Å². The van der Waals surface area contributed by atoms with Crippen LogP contribution in [-0.2, 0) is 65.4 Å². The Morgan fingerprint density at radius 3 is 0.947 bits per heavy atom. The number of phosphoric ester groups is 2. The van der Waals surface area contributed by atoms with E-state index >= 15 is 0 Å². The first kappa shape index (κ1) is 92.5. The fraction of sp³-hybridized carbons (Fsp3) is 0.895. The number of carbonyl (C=O) groups is 4. The van der Waals surface area contributed by atoms with Gasteiger partial charge in [0, 0.05) is 25.7 Å². The van der Waals surface area contributed by atoms with Crippen molar-refractivity contribution in [3.05, 3.63) is 24.3 Å². The zero-order valence-corrected chi connectivity index (χ0v) is 63.2. The molecule has 19 heteroatoms. The molecule has 0 aromatic carbocycles. The predicted molar refractivity (Wildman–Crippen MR) is 386 cm³/mol. The highest BCUT2D eigenvalue weighted by atomic mass is 31.2. The van der Waals surface area contributed by atoms with Crippen LogP contribution >= 0.6 is 15.6 Å². The molecule has 560 valence electrons. The van der Waals surface area contributed by atoms with Gasteiger partial charge in [0.25, 0.3) is 0 Å². The maximum Gasteiger partial charge on any atom is 0.472 e. The van der Waals surface area contributed by atoms with Crippen LogP contribution in [0.4, 0.5) is 0 Å². The predicted octanol–water partition coefficient (Wildman–Crippen LogP) is 21.9. The topological polar surface area (TPSA) is 237 Å². The summed E-state index contributed by atoms with van der Waals surface area (Å²) in [5.41, 5.74) is 0. The molecule has 0 aliphatic carbocycles. The van der Waals surface area contributed by atoms with Gasteiger partial charge in [-0.3, -0.25) is 37.3 Å². The first-order valence-electron chi connectivity index (χ1n) is 38.8. The van der Waals surface area contributed by atoms with Gasteiger partial charge in [-0.25, -0.2) is 9.13 Å². The van der Waals surface area contributed by atoms with E-state index in [0.29, 0.717) is 25.7 Å². The van der Waals surface area contributed by atoms with E-state index in [-0.39, 0.29) is 25.7 Å².